The predicted octanol–water partition coefficient (Wildman–Crippen LogP) is 2.44. The zero-order valence-corrected chi connectivity index (χ0v) is 10.0. The lowest BCUT2D eigenvalue weighted by Gasteiger charge is -2.04. The van der Waals surface area contributed by atoms with Crippen molar-refractivity contribution in [3.63, 3.8) is 0 Å². The molecule has 2 aromatic rings. The largest absolute Gasteiger partial charge is 0.480 e. The number of hydrogen-bond acceptors (Lipinski definition) is 2. The Bertz CT molecular complexity index is 514. The Hall–Kier alpha value is -1.58. The molecule has 90 valence electrons. The average molecular weight is 252 g/mol. The first-order valence-corrected chi connectivity index (χ1v) is 5.16. The van der Waals surface area contributed by atoms with Gasteiger partial charge >= 0.3 is 5.97 Å². The normalized spacial score (nSPS) is 9.88. The molecule has 0 spiro atoms. The van der Waals surface area contributed by atoms with Crippen LogP contribution >= 0.6 is 12.4 Å². The molecule has 2 aromatic carbocycles. The number of hydrogen-bond donors (Lipinski definition) is 2. The van der Waals surface area contributed by atoms with Crippen LogP contribution in [0.1, 0.15) is 5.56 Å². The van der Waals surface area contributed by atoms with Gasteiger partial charge < -0.3 is 10.4 Å². The van der Waals surface area contributed by atoms with Crippen LogP contribution in [0.15, 0.2) is 42.5 Å². The number of nitrogens with one attached hydrogen (secondary N) is 1. The molecule has 0 aliphatic carbocycles. The summed E-state index contributed by atoms with van der Waals surface area (Å²) in [5, 5.41) is 13.7. The van der Waals surface area contributed by atoms with Crippen molar-refractivity contribution in [1.82, 2.24) is 5.32 Å². The number of fused-ring (bicyclic) bond motifs is 1. The molecule has 0 aliphatic heterocycles. The predicted molar refractivity (Wildman–Crippen MR) is 70.5 cm³/mol. The fourth-order valence-electron chi connectivity index (χ4n) is 1.66. The van der Waals surface area contributed by atoms with E-state index in [2.05, 4.69) is 23.5 Å². The van der Waals surface area contributed by atoms with Gasteiger partial charge in [0, 0.05) is 6.54 Å². The van der Waals surface area contributed by atoms with E-state index in [1.54, 1.807) is 0 Å². The standard InChI is InChI=1S/C13H13NO2.ClH/c15-13(16)9-14-8-10-5-6-11-3-1-2-4-12(11)7-10;/h1-7,14H,8-9H2,(H,15,16);1H. The molecule has 0 aromatic heterocycles. The maximum Gasteiger partial charge on any atom is 0.317 e. The highest BCUT2D eigenvalue weighted by Crippen LogP contribution is 2.15. The molecule has 0 saturated heterocycles. The molecular formula is C13H14ClNO2. The smallest absolute Gasteiger partial charge is 0.317 e. The van der Waals surface area contributed by atoms with Crippen LogP contribution in [0.2, 0.25) is 0 Å². The molecule has 3 nitrogen and oxygen atoms in total. The molecule has 0 aliphatic rings. The van der Waals surface area contributed by atoms with E-state index in [4.69, 9.17) is 5.11 Å². The second-order valence-electron chi connectivity index (χ2n) is 3.68. The molecule has 17 heavy (non-hydrogen) atoms. The molecule has 0 atom stereocenters. The summed E-state index contributed by atoms with van der Waals surface area (Å²) in [5.41, 5.74) is 1.10. The minimum Gasteiger partial charge on any atom is -0.480 e. The van der Waals surface area contributed by atoms with Gasteiger partial charge in [0.05, 0.1) is 6.54 Å². The SMILES string of the molecule is Cl.O=C(O)CNCc1ccc2ccccc2c1. The topological polar surface area (TPSA) is 49.3 Å². The molecule has 0 bridgehead atoms. The number of benzene rings is 2. The fourth-order valence-corrected chi connectivity index (χ4v) is 1.66. The molecule has 0 radical (unpaired) electrons. The van der Waals surface area contributed by atoms with Crippen molar-refractivity contribution in [1.29, 1.82) is 0 Å². The van der Waals surface area contributed by atoms with Gasteiger partial charge in [-0.2, -0.15) is 0 Å². The number of carbonyl (C=O) groups is 1. The van der Waals surface area contributed by atoms with Gasteiger partial charge in [-0.1, -0.05) is 36.4 Å². The molecule has 0 saturated carbocycles. The molecule has 2 N–H and O–H groups in total. The molecule has 0 heterocycles. The van der Waals surface area contributed by atoms with Gasteiger partial charge in [0.1, 0.15) is 0 Å². The minimum absolute atomic E-state index is 0. The highest BCUT2D eigenvalue weighted by atomic mass is 35.5. The van der Waals surface area contributed by atoms with Crippen molar-refractivity contribution >= 4 is 29.1 Å². The van der Waals surface area contributed by atoms with Crippen LogP contribution in [0.3, 0.4) is 0 Å². The zero-order chi connectivity index (χ0) is 11.4. The second kappa shape index (κ2) is 6.23. The highest BCUT2D eigenvalue weighted by Gasteiger charge is 1.98. The molecule has 2 rings (SSSR count). The van der Waals surface area contributed by atoms with Gasteiger partial charge in [-0.15, -0.1) is 12.4 Å². The molecule has 0 fully saturated rings. The van der Waals surface area contributed by atoms with Crippen molar-refractivity contribution in [2.45, 2.75) is 6.54 Å². The van der Waals surface area contributed by atoms with E-state index in [0.717, 1.165) is 5.56 Å². The number of carboxylic acid groups (broad SMARTS) is 1. The Labute approximate surface area is 106 Å². The van der Waals surface area contributed by atoms with E-state index in [-0.39, 0.29) is 19.0 Å². The maximum atomic E-state index is 10.3. The Morgan fingerprint density at radius 1 is 1.12 bits per heavy atom. The van der Waals surface area contributed by atoms with Gasteiger partial charge in [-0.3, -0.25) is 4.79 Å². The van der Waals surface area contributed by atoms with E-state index < -0.39 is 5.97 Å². The van der Waals surface area contributed by atoms with E-state index >= 15 is 0 Å². The van der Waals surface area contributed by atoms with Crippen LogP contribution in [0.4, 0.5) is 0 Å². The van der Waals surface area contributed by atoms with Crippen LogP contribution in [0.25, 0.3) is 10.8 Å². The van der Waals surface area contributed by atoms with Crippen molar-refractivity contribution in [3.8, 4) is 0 Å². The lowest BCUT2D eigenvalue weighted by atomic mass is 10.1. The minimum atomic E-state index is -0.833. The van der Waals surface area contributed by atoms with Gasteiger partial charge in [0.15, 0.2) is 0 Å². The van der Waals surface area contributed by atoms with E-state index in [0.29, 0.717) is 6.54 Å². The Balaban J connectivity index is 0.00000144. The first kappa shape index (κ1) is 13.5. The molecular weight excluding hydrogens is 238 g/mol. The van der Waals surface area contributed by atoms with E-state index in [1.165, 1.54) is 10.8 Å². The number of aliphatic carboxylic acids is 1. The summed E-state index contributed by atoms with van der Waals surface area (Å²) in [6.07, 6.45) is 0. The van der Waals surface area contributed by atoms with Crippen molar-refractivity contribution < 1.29 is 9.90 Å². The first-order valence-electron chi connectivity index (χ1n) is 5.16. The van der Waals surface area contributed by atoms with Gasteiger partial charge in [0.25, 0.3) is 0 Å². The molecule has 4 heteroatoms. The summed E-state index contributed by atoms with van der Waals surface area (Å²) in [4.78, 5) is 10.3. The van der Waals surface area contributed by atoms with Crippen molar-refractivity contribution in [2.24, 2.45) is 0 Å². The third kappa shape index (κ3) is 3.73. The highest BCUT2D eigenvalue weighted by molar-refractivity contribution is 5.85. The fraction of sp³-hybridized carbons (Fsp3) is 0.154. The summed E-state index contributed by atoms with van der Waals surface area (Å²) in [7, 11) is 0. The summed E-state index contributed by atoms with van der Waals surface area (Å²) in [6.45, 7) is 0.573. The number of halogens is 1. The van der Waals surface area contributed by atoms with Gasteiger partial charge in [-0.05, 0) is 22.4 Å². The molecule has 0 unspecified atom stereocenters. The van der Waals surface area contributed by atoms with Gasteiger partial charge in [0.2, 0.25) is 0 Å². The van der Waals surface area contributed by atoms with Crippen LogP contribution in [0.5, 0.6) is 0 Å². The molecule has 0 amide bonds. The lowest BCUT2D eigenvalue weighted by molar-refractivity contribution is -0.135. The first-order chi connectivity index (χ1) is 7.75. The summed E-state index contributed by atoms with van der Waals surface area (Å²) in [5.74, 6) is -0.833. The second-order valence-corrected chi connectivity index (χ2v) is 3.68. The van der Waals surface area contributed by atoms with E-state index in [9.17, 15) is 4.79 Å². The third-order valence-corrected chi connectivity index (χ3v) is 2.42. The summed E-state index contributed by atoms with van der Waals surface area (Å²) < 4.78 is 0. The van der Waals surface area contributed by atoms with Crippen LogP contribution < -0.4 is 5.32 Å². The Kier molecular flexibility index (Phi) is 4.94. The zero-order valence-electron chi connectivity index (χ0n) is 9.22. The van der Waals surface area contributed by atoms with Crippen LogP contribution in [-0.2, 0) is 11.3 Å². The van der Waals surface area contributed by atoms with Gasteiger partial charge in [-0.25, -0.2) is 0 Å². The summed E-state index contributed by atoms with van der Waals surface area (Å²) in [6, 6.07) is 14.2. The third-order valence-electron chi connectivity index (χ3n) is 2.42. The Morgan fingerprint density at radius 3 is 2.53 bits per heavy atom. The van der Waals surface area contributed by atoms with Crippen molar-refractivity contribution in [3.05, 3.63) is 48.0 Å². The van der Waals surface area contributed by atoms with E-state index in [1.807, 2.05) is 24.3 Å². The average Bonchev–Trinajstić information content (AvgIpc) is 2.28. The lowest BCUT2D eigenvalue weighted by Crippen LogP contribution is -2.21. The van der Waals surface area contributed by atoms with Crippen molar-refractivity contribution in [2.75, 3.05) is 6.54 Å². The monoisotopic (exact) mass is 251 g/mol. The summed E-state index contributed by atoms with van der Waals surface area (Å²) >= 11 is 0. The quantitative estimate of drug-likeness (QED) is 0.878. The van der Waals surface area contributed by atoms with Crippen LogP contribution in [0, 0.1) is 0 Å². The maximum absolute atomic E-state index is 10.3. The number of rotatable bonds is 4. The Morgan fingerprint density at radius 2 is 1.82 bits per heavy atom. The number of carboxylic acids is 1. The van der Waals surface area contributed by atoms with Crippen LogP contribution in [-0.4, -0.2) is 17.6 Å².